The van der Waals surface area contributed by atoms with Crippen molar-refractivity contribution < 1.29 is 4.79 Å². The minimum Gasteiger partial charge on any atom is -0.352 e. The summed E-state index contributed by atoms with van der Waals surface area (Å²) in [6.07, 6.45) is 0. The predicted molar refractivity (Wildman–Crippen MR) is 104 cm³/mol. The molecule has 0 saturated carbocycles. The van der Waals surface area contributed by atoms with E-state index in [1.54, 1.807) is 6.07 Å². The monoisotopic (exact) mass is 386 g/mol. The zero-order chi connectivity index (χ0) is 16.8. The van der Waals surface area contributed by atoms with Gasteiger partial charge >= 0.3 is 0 Å². The van der Waals surface area contributed by atoms with Gasteiger partial charge in [-0.05, 0) is 30.3 Å². The van der Waals surface area contributed by atoms with Crippen LogP contribution in [0.2, 0.25) is 10.0 Å². The van der Waals surface area contributed by atoms with Gasteiger partial charge in [0.1, 0.15) is 0 Å². The molecule has 0 bridgehead atoms. The molecule has 2 rings (SSSR count). The van der Waals surface area contributed by atoms with Crippen LogP contribution in [0.5, 0.6) is 0 Å². The third kappa shape index (κ3) is 5.38. The highest BCUT2D eigenvalue weighted by molar-refractivity contribution is 6.36. The minimum atomic E-state index is -0.0775. The molecule has 0 aliphatic heterocycles. The van der Waals surface area contributed by atoms with E-state index in [-0.39, 0.29) is 24.2 Å². The van der Waals surface area contributed by atoms with Gasteiger partial charge in [-0.25, -0.2) is 0 Å². The molecule has 24 heavy (non-hydrogen) atoms. The largest absolute Gasteiger partial charge is 0.352 e. The lowest BCUT2D eigenvalue weighted by atomic mass is 9.99. The van der Waals surface area contributed by atoms with Crippen LogP contribution in [-0.4, -0.2) is 19.5 Å². The van der Waals surface area contributed by atoms with E-state index in [1.807, 2.05) is 50.4 Å². The highest BCUT2D eigenvalue weighted by Crippen LogP contribution is 2.32. The molecular formula is C18H21Cl3N2O. The molecule has 1 unspecified atom stereocenters. The van der Waals surface area contributed by atoms with Crippen LogP contribution in [0.4, 0.5) is 0 Å². The van der Waals surface area contributed by atoms with Crippen LogP contribution in [0.3, 0.4) is 0 Å². The SMILES string of the molecule is CNCC(C)C(=O)NCc1ccccc1-c1ccc(Cl)cc1Cl.Cl. The zero-order valence-corrected chi connectivity index (χ0v) is 15.9. The number of nitrogens with one attached hydrogen (secondary N) is 2. The third-order valence-corrected chi connectivity index (χ3v) is 4.20. The lowest BCUT2D eigenvalue weighted by Gasteiger charge is -2.15. The summed E-state index contributed by atoms with van der Waals surface area (Å²) in [4.78, 5) is 12.1. The maximum absolute atomic E-state index is 12.1. The van der Waals surface area contributed by atoms with Crippen molar-refractivity contribution in [2.75, 3.05) is 13.6 Å². The minimum absolute atomic E-state index is 0. The summed E-state index contributed by atoms with van der Waals surface area (Å²) in [7, 11) is 1.83. The van der Waals surface area contributed by atoms with E-state index < -0.39 is 0 Å². The van der Waals surface area contributed by atoms with Crippen LogP contribution in [0, 0.1) is 5.92 Å². The average molecular weight is 388 g/mol. The highest BCUT2D eigenvalue weighted by Gasteiger charge is 2.13. The molecule has 130 valence electrons. The number of amides is 1. The molecule has 0 aliphatic rings. The fourth-order valence-electron chi connectivity index (χ4n) is 2.40. The fourth-order valence-corrected chi connectivity index (χ4v) is 2.91. The van der Waals surface area contributed by atoms with Crippen molar-refractivity contribution in [3.8, 4) is 11.1 Å². The zero-order valence-electron chi connectivity index (χ0n) is 13.6. The van der Waals surface area contributed by atoms with Gasteiger partial charge in [-0.1, -0.05) is 60.5 Å². The van der Waals surface area contributed by atoms with Crippen molar-refractivity contribution in [2.45, 2.75) is 13.5 Å². The lowest BCUT2D eigenvalue weighted by molar-refractivity contribution is -0.124. The van der Waals surface area contributed by atoms with E-state index in [0.29, 0.717) is 23.1 Å². The van der Waals surface area contributed by atoms with Crippen LogP contribution in [-0.2, 0) is 11.3 Å². The maximum Gasteiger partial charge on any atom is 0.224 e. The Morgan fingerprint density at radius 1 is 1.12 bits per heavy atom. The van der Waals surface area contributed by atoms with E-state index in [1.165, 1.54) is 0 Å². The second-order valence-corrected chi connectivity index (χ2v) is 6.30. The number of carbonyl (C=O) groups is 1. The van der Waals surface area contributed by atoms with Gasteiger partial charge in [-0.2, -0.15) is 0 Å². The van der Waals surface area contributed by atoms with E-state index in [9.17, 15) is 4.79 Å². The molecule has 2 aromatic rings. The highest BCUT2D eigenvalue weighted by atomic mass is 35.5. The first-order chi connectivity index (χ1) is 11.0. The molecular weight excluding hydrogens is 367 g/mol. The molecule has 0 saturated heterocycles. The standard InChI is InChI=1S/C18H20Cl2N2O.ClH/c1-12(10-21-2)18(23)22-11-13-5-3-4-6-15(13)16-8-7-14(19)9-17(16)20;/h3-9,12,21H,10-11H2,1-2H3,(H,22,23);1H. The number of halogens is 3. The second kappa shape index (κ2) is 9.90. The Hall–Kier alpha value is -1.26. The summed E-state index contributed by atoms with van der Waals surface area (Å²) in [5.41, 5.74) is 2.92. The lowest BCUT2D eigenvalue weighted by Crippen LogP contribution is -2.34. The number of hydrogen-bond acceptors (Lipinski definition) is 2. The molecule has 3 nitrogen and oxygen atoms in total. The molecule has 6 heteroatoms. The summed E-state index contributed by atoms with van der Waals surface area (Å²) < 4.78 is 0. The van der Waals surface area contributed by atoms with Crippen molar-refractivity contribution in [2.24, 2.45) is 5.92 Å². The van der Waals surface area contributed by atoms with Gasteiger partial charge < -0.3 is 10.6 Å². The quantitative estimate of drug-likeness (QED) is 0.763. The molecule has 1 amide bonds. The first-order valence-electron chi connectivity index (χ1n) is 7.48. The van der Waals surface area contributed by atoms with Gasteiger partial charge in [0.15, 0.2) is 0 Å². The third-order valence-electron chi connectivity index (χ3n) is 3.65. The summed E-state index contributed by atoms with van der Waals surface area (Å²) >= 11 is 12.3. The molecule has 0 heterocycles. The van der Waals surface area contributed by atoms with Gasteiger partial charge in [0.05, 0.1) is 0 Å². The number of hydrogen-bond donors (Lipinski definition) is 2. The van der Waals surface area contributed by atoms with Crippen molar-refractivity contribution >= 4 is 41.5 Å². The molecule has 0 aliphatic carbocycles. The number of carbonyl (C=O) groups excluding carboxylic acids is 1. The first-order valence-corrected chi connectivity index (χ1v) is 8.24. The Labute approximate surface area is 159 Å². The van der Waals surface area contributed by atoms with E-state index >= 15 is 0 Å². The Bertz CT molecular complexity index is 692. The van der Waals surface area contributed by atoms with Crippen LogP contribution < -0.4 is 10.6 Å². The van der Waals surface area contributed by atoms with Crippen LogP contribution in [0.15, 0.2) is 42.5 Å². The molecule has 0 radical (unpaired) electrons. The van der Waals surface area contributed by atoms with Crippen molar-refractivity contribution in [3.63, 3.8) is 0 Å². The average Bonchev–Trinajstić information content (AvgIpc) is 2.53. The summed E-state index contributed by atoms with van der Waals surface area (Å²) in [5, 5.41) is 7.18. The van der Waals surface area contributed by atoms with Crippen molar-refractivity contribution in [3.05, 3.63) is 58.1 Å². The predicted octanol–water partition coefficient (Wildman–Crippen LogP) is 4.55. The van der Waals surface area contributed by atoms with Gasteiger partial charge in [0, 0.05) is 34.6 Å². The van der Waals surface area contributed by atoms with Gasteiger partial charge in [0.2, 0.25) is 5.91 Å². The van der Waals surface area contributed by atoms with Crippen LogP contribution in [0.25, 0.3) is 11.1 Å². The Balaban J connectivity index is 0.00000288. The first kappa shape index (κ1) is 20.8. The normalized spacial score (nSPS) is 11.5. The van der Waals surface area contributed by atoms with E-state index in [0.717, 1.165) is 16.7 Å². The van der Waals surface area contributed by atoms with Crippen LogP contribution in [0.1, 0.15) is 12.5 Å². The molecule has 1 atom stereocenters. The Morgan fingerprint density at radius 2 is 1.83 bits per heavy atom. The Morgan fingerprint density at radius 3 is 2.50 bits per heavy atom. The van der Waals surface area contributed by atoms with Crippen LogP contribution >= 0.6 is 35.6 Å². The smallest absolute Gasteiger partial charge is 0.224 e. The molecule has 2 aromatic carbocycles. The number of benzene rings is 2. The number of rotatable bonds is 6. The second-order valence-electron chi connectivity index (χ2n) is 5.46. The van der Waals surface area contributed by atoms with Gasteiger partial charge in [0.25, 0.3) is 0 Å². The van der Waals surface area contributed by atoms with Crippen molar-refractivity contribution in [1.82, 2.24) is 10.6 Å². The molecule has 0 aromatic heterocycles. The van der Waals surface area contributed by atoms with Gasteiger partial charge in [-0.3, -0.25) is 4.79 Å². The molecule has 0 fully saturated rings. The summed E-state index contributed by atoms with van der Waals surface area (Å²) in [6.45, 7) is 3.01. The van der Waals surface area contributed by atoms with E-state index in [4.69, 9.17) is 23.2 Å². The summed E-state index contributed by atoms with van der Waals surface area (Å²) in [6, 6.07) is 13.3. The van der Waals surface area contributed by atoms with E-state index in [2.05, 4.69) is 10.6 Å². The topological polar surface area (TPSA) is 41.1 Å². The molecule has 2 N–H and O–H groups in total. The summed E-state index contributed by atoms with van der Waals surface area (Å²) in [5.74, 6) is -0.0531. The van der Waals surface area contributed by atoms with Crippen molar-refractivity contribution in [1.29, 1.82) is 0 Å². The Kier molecular flexibility index (Phi) is 8.57. The fraction of sp³-hybridized carbons (Fsp3) is 0.278. The maximum atomic E-state index is 12.1. The molecule has 0 spiro atoms. The van der Waals surface area contributed by atoms with Gasteiger partial charge in [-0.15, -0.1) is 12.4 Å².